The molecule has 0 spiro atoms. The Hall–Kier alpha value is -3.47. The van der Waals surface area contributed by atoms with E-state index in [4.69, 9.17) is 4.42 Å². The van der Waals surface area contributed by atoms with E-state index < -0.39 is 5.63 Å². The molecule has 0 aliphatic carbocycles. The number of benzene rings is 2. The summed E-state index contributed by atoms with van der Waals surface area (Å²) < 4.78 is 5.46. The largest absolute Gasteiger partial charge is 0.422 e. The van der Waals surface area contributed by atoms with Crippen molar-refractivity contribution in [3.8, 4) is 0 Å². The molecule has 1 aromatic heterocycles. The number of aliphatic imine (C=N–C) groups is 1. The summed E-state index contributed by atoms with van der Waals surface area (Å²) in [7, 11) is 0. The number of ketones is 1. The maximum atomic E-state index is 13.4. The fourth-order valence-electron chi connectivity index (χ4n) is 3.58. The Morgan fingerprint density at radius 2 is 1.81 bits per heavy atom. The molecule has 0 bridgehead atoms. The van der Waals surface area contributed by atoms with Crippen molar-refractivity contribution in [1.29, 1.82) is 0 Å². The molecule has 0 amide bonds. The van der Waals surface area contributed by atoms with Gasteiger partial charge in [0.2, 0.25) is 0 Å². The molecule has 0 N–H and O–H groups in total. The molecular formula is C21H14N2O3. The van der Waals surface area contributed by atoms with Gasteiger partial charge in [0.1, 0.15) is 11.4 Å². The predicted octanol–water partition coefficient (Wildman–Crippen LogP) is 1.29. The van der Waals surface area contributed by atoms with Gasteiger partial charge in [-0.3, -0.25) is 9.79 Å². The predicted molar refractivity (Wildman–Crippen MR) is 99.4 cm³/mol. The van der Waals surface area contributed by atoms with E-state index in [9.17, 15) is 9.59 Å². The van der Waals surface area contributed by atoms with Gasteiger partial charge in [0.05, 0.1) is 17.3 Å². The molecule has 2 aliphatic rings. The Labute approximate surface area is 148 Å². The topological polar surface area (TPSA) is 62.9 Å². The third kappa shape index (κ3) is 2.07. The number of carbonyl (C=O) groups is 1. The Balaban J connectivity index is 1.99. The van der Waals surface area contributed by atoms with Crippen LogP contribution in [0.25, 0.3) is 22.7 Å². The summed E-state index contributed by atoms with van der Waals surface area (Å²) in [6.07, 6.45) is 1.75. The summed E-state index contributed by atoms with van der Waals surface area (Å²) in [5.41, 5.74) is 1.07. The first kappa shape index (κ1) is 14.8. The molecule has 3 aromatic rings. The zero-order valence-electron chi connectivity index (χ0n) is 13.8. The lowest BCUT2D eigenvalue weighted by Gasteiger charge is -2.21. The van der Waals surface area contributed by atoms with E-state index in [0.717, 1.165) is 5.39 Å². The van der Waals surface area contributed by atoms with Crippen LogP contribution in [0.2, 0.25) is 0 Å². The van der Waals surface area contributed by atoms with E-state index in [1.807, 2.05) is 41.3 Å². The van der Waals surface area contributed by atoms with Crippen molar-refractivity contribution in [3.63, 3.8) is 0 Å². The van der Waals surface area contributed by atoms with Crippen LogP contribution in [0.15, 0.2) is 68.8 Å². The minimum atomic E-state index is -0.442. The van der Waals surface area contributed by atoms with Gasteiger partial charge in [0.15, 0.2) is 5.78 Å². The second kappa shape index (κ2) is 5.52. The average Bonchev–Trinajstić information content (AvgIpc) is 3.15. The molecule has 0 saturated heterocycles. The van der Waals surface area contributed by atoms with E-state index in [0.29, 0.717) is 46.1 Å². The smallest absolute Gasteiger partial charge is 0.345 e. The number of amidine groups is 1. The molecule has 0 atom stereocenters. The van der Waals surface area contributed by atoms with Crippen LogP contribution in [0.5, 0.6) is 0 Å². The number of Topliss-reactive ketones (excluding diaryl/α,β-unsaturated/α-hetero) is 1. The van der Waals surface area contributed by atoms with E-state index in [1.165, 1.54) is 0 Å². The quantitative estimate of drug-likeness (QED) is 0.520. The molecule has 5 rings (SSSR count). The first-order valence-corrected chi connectivity index (χ1v) is 8.43. The molecular weight excluding hydrogens is 328 g/mol. The average molecular weight is 342 g/mol. The van der Waals surface area contributed by atoms with Crippen molar-refractivity contribution >= 4 is 34.4 Å². The zero-order chi connectivity index (χ0) is 17.7. The van der Waals surface area contributed by atoms with Gasteiger partial charge in [-0.15, -0.1) is 0 Å². The van der Waals surface area contributed by atoms with E-state index in [-0.39, 0.29) is 5.78 Å². The minimum Gasteiger partial charge on any atom is -0.422 e. The zero-order valence-corrected chi connectivity index (χ0v) is 13.8. The number of carbonyl (C=O) groups excluding carboxylic acids is 1. The summed E-state index contributed by atoms with van der Waals surface area (Å²) in [5, 5.41) is 1.76. The van der Waals surface area contributed by atoms with E-state index in [2.05, 4.69) is 4.99 Å². The third-order valence-electron chi connectivity index (χ3n) is 4.74. The van der Waals surface area contributed by atoms with Gasteiger partial charge in [0, 0.05) is 28.9 Å². The molecule has 2 aromatic carbocycles. The van der Waals surface area contributed by atoms with Crippen molar-refractivity contribution in [1.82, 2.24) is 4.90 Å². The van der Waals surface area contributed by atoms with Gasteiger partial charge in [-0.1, -0.05) is 48.5 Å². The molecule has 26 heavy (non-hydrogen) atoms. The highest BCUT2D eigenvalue weighted by Crippen LogP contribution is 2.19. The Kier molecular flexibility index (Phi) is 3.15. The van der Waals surface area contributed by atoms with Crippen LogP contribution < -0.4 is 16.1 Å². The van der Waals surface area contributed by atoms with Crippen molar-refractivity contribution in [2.45, 2.75) is 0 Å². The van der Waals surface area contributed by atoms with Crippen LogP contribution in [-0.2, 0) is 0 Å². The number of hydrogen-bond donors (Lipinski definition) is 0. The molecule has 126 valence electrons. The summed E-state index contributed by atoms with van der Waals surface area (Å²) in [5.74, 6) is 0.489. The van der Waals surface area contributed by atoms with Crippen molar-refractivity contribution in [2.24, 2.45) is 4.99 Å². The lowest BCUT2D eigenvalue weighted by Crippen LogP contribution is -2.49. The Bertz CT molecular complexity index is 1270. The highest BCUT2D eigenvalue weighted by atomic mass is 16.4. The molecule has 3 heterocycles. The van der Waals surface area contributed by atoms with Crippen LogP contribution in [0, 0.1) is 0 Å². The second-order valence-corrected chi connectivity index (χ2v) is 6.27. The van der Waals surface area contributed by atoms with Gasteiger partial charge in [-0.05, 0) is 6.07 Å². The van der Waals surface area contributed by atoms with Gasteiger partial charge in [0.25, 0.3) is 0 Å². The summed E-state index contributed by atoms with van der Waals surface area (Å²) in [6, 6.07) is 16.4. The van der Waals surface area contributed by atoms with Gasteiger partial charge in [-0.25, -0.2) is 4.79 Å². The van der Waals surface area contributed by atoms with Crippen molar-refractivity contribution in [3.05, 3.63) is 81.0 Å². The van der Waals surface area contributed by atoms with Crippen molar-refractivity contribution in [2.75, 3.05) is 13.1 Å². The first-order chi connectivity index (χ1) is 12.7. The standard InChI is InChI=1S/C21H14N2O3/c24-19(13-6-2-1-3-7-13)18-17-14-8-4-5-9-16(14)26-21(25)15(17)12-23-11-10-22-20(18)23/h1-9,12H,10-11H2. The fourth-order valence-corrected chi connectivity index (χ4v) is 3.58. The molecule has 2 aliphatic heterocycles. The highest BCUT2D eigenvalue weighted by molar-refractivity contribution is 6.47. The lowest BCUT2D eigenvalue weighted by atomic mass is 9.96. The van der Waals surface area contributed by atoms with Crippen LogP contribution >= 0.6 is 0 Å². The van der Waals surface area contributed by atoms with Gasteiger partial charge < -0.3 is 9.32 Å². The molecule has 5 nitrogen and oxygen atoms in total. The maximum absolute atomic E-state index is 13.4. The van der Waals surface area contributed by atoms with Crippen LogP contribution in [0.3, 0.4) is 0 Å². The Morgan fingerprint density at radius 1 is 1.04 bits per heavy atom. The monoisotopic (exact) mass is 342 g/mol. The number of fused-ring (bicyclic) bond motifs is 4. The number of nitrogens with zero attached hydrogens (tertiary/aromatic N) is 2. The van der Waals surface area contributed by atoms with Gasteiger partial charge >= 0.3 is 5.63 Å². The molecule has 0 unspecified atom stereocenters. The fraction of sp³-hybridized carbons (Fsp3) is 0.0952. The number of rotatable bonds is 2. The summed E-state index contributed by atoms with van der Waals surface area (Å²) in [6.45, 7) is 1.24. The van der Waals surface area contributed by atoms with Crippen LogP contribution in [0.1, 0.15) is 10.4 Å². The number of hydrogen-bond acceptors (Lipinski definition) is 5. The minimum absolute atomic E-state index is 0.138. The van der Waals surface area contributed by atoms with Crippen molar-refractivity contribution < 1.29 is 9.21 Å². The molecule has 0 saturated carbocycles. The van der Waals surface area contributed by atoms with Gasteiger partial charge in [-0.2, -0.15) is 0 Å². The third-order valence-corrected chi connectivity index (χ3v) is 4.74. The molecule has 0 radical (unpaired) electrons. The summed E-state index contributed by atoms with van der Waals surface area (Å²) >= 11 is 0. The normalized spacial score (nSPS) is 15.3. The molecule has 0 fully saturated rings. The van der Waals surface area contributed by atoms with E-state index >= 15 is 0 Å². The first-order valence-electron chi connectivity index (χ1n) is 8.43. The second-order valence-electron chi connectivity index (χ2n) is 6.27. The molecule has 5 heteroatoms. The lowest BCUT2D eigenvalue weighted by molar-refractivity contribution is 0.105. The Morgan fingerprint density at radius 3 is 2.65 bits per heavy atom. The maximum Gasteiger partial charge on any atom is 0.345 e. The highest BCUT2D eigenvalue weighted by Gasteiger charge is 2.30. The SMILES string of the molecule is O=C(C1=c2c(c(=O)oc3ccccc23)=CN2CCN=C12)c1ccccc1. The summed E-state index contributed by atoms with van der Waals surface area (Å²) in [4.78, 5) is 32.4. The van der Waals surface area contributed by atoms with Crippen LogP contribution in [0.4, 0.5) is 0 Å². The number of para-hydroxylation sites is 1. The van der Waals surface area contributed by atoms with Crippen LogP contribution in [-0.4, -0.2) is 29.6 Å². The van der Waals surface area contributed by atoms with E-state index in [1.54, 1.807) is 24.4 Å².